The topological polar surface area (TPSA) is 78.8 Å². The van der Waals surface area contributed by atoms with Gasteiger partial charge in [-0.3, -0.25) is 9.69 Å². The minimum Gasteiger partial charge on any atom is -0.365 e. The number of hydrogen-bond acceptors (Lipinski definition) is 5. The molecule has 1 aromatic rings. The standard InChI is InChI=1S/C18H27N3O3S2/c1-6-7-8-13(3)21(18(25)19-5)17(22)14(4)15-10-9-12(2)16(11-15)20-26(23)24/h9-11,13-14H,6-8H2,1-5H3,(H,19,25). The van der Waals surface area contributed by atoms with E-state index in [9.17, 15) is 13.2 Å². The lowest BCUT2D eigenvalue weighted by Gasteiger charge is -2.31. The molecule has 0 radical (unpaired) electrons. The molecule has 144 valence electrons. The number of amides is 1. The lowest BCUT2D eigenvalue weighted by Crippen LogP contribution is -2.49. The van der Waals surface area contributed by atoms with E-state index in [-0.39, 0.29) is 11.9 Å². The number of carbonyl (C=O) groups excluding carboxylic acids is 1. The van der Waals surface area contributed by atoms with Crippen molar-refractivity contribution in [3.63, 3.8) is 0 Å². The average molecular weight is 398 g/mol. The van der Waals surface area contributed by atoms with Crippen LogP contribution in [-0.4, -0.2) is 37.4 Å². The van der Waals surface area contributed by atoms with E-state index in [1.54, 1.807) is 37.9 Å². The zero-order chi connectivity index (χ0) is 19.9. The second-order valence-electron chi connectivity index (χ2n) is 6.33. The number of thiocarbonyl (C=S) groups is 1. The Labute approximate surface area is 162 Å². The highest BCUT2D eigenvalue weighted by atomic mass is 32.2. The Morgan fingerprint density at radius 3 is 2.54 bits per heavy atom. The number of unbranched alkanes of at least 4 members (excludes halogenated alkanes) is 1. The molecule has 1 rings (SSSR count). The van der Waals surface area contributed by atoms with Gasteiger partial charge in [-0.2, -0.15) is 8.42 Å². The molecule has 2 unspecified atom stereocenters. The van der Waals surface area contributed by atoms with Crippen LogP contribution in [0.1, 0.15) is 57.1 Å². The number of rotatable bonds is 7. The second kappa shape index (κ2) is 10.4. The van der Waals surface area contributed by atoms with Crippen LogP contribution in [0.2, 0.25) is 0 Å². The van der Waals surface area contributed by atoms with Gasteiger partial charge in [-0.1, -0.05) is 31.9 Å². The molecule has 0 saturated heterocycles. The van der Waals surface area contributed by atoms with E-state index >= 15 is 0 Å². The molecule has 0 aliphatic rings. The highest BCUT2D eigenvalue weighted by Crippen LogP contribution is 2.27. The SMILES string of the molecule is CCCCC(C)N(C(=O)C(C)c1ccc(C)c(N=S(=O)=O)c1)C(=S)NC. The summed E-state index contributed by atoms with van der Waals surface area (Å²) in [6, 6.07) is 5.22. The Balaban J connectivity index is 3.19. The highest BCUT2D eigenvalue weighted by Gasteiger charge is 2.28. The van der Waals surface area contributed by atoms with Crippen LogP contribution in [0, 0.1) is 6.92 Å². The molecule has 1 N–H and O–H groups in total. The summed E-state index contributed by atoms with van der Waals surface area (Å²) in [4.78, 5) is 14.7. The number of nitrogens with one attached hydrogen (secondary N) is 1. The summed E-state index contributed by atoms with van der Waals surface area (Å²) in [6.07, 6.45) is 2.92. The smallest absolute Gasteiger partial charge is 0.316 e. The van der Waals surface area contributed by atoms with Crippen LogP contribution in [0.15, 0.2) is 22.6 Å². The summed E-state index contributed by atoms with van der Waals surface area (Å²) < 4.78 is 25.4. The van der Waals surface area contributed by atoms with E-state index in [2.05, 4.69) is 16.6 Å². The predicted octanol–water partition coefficient (Wildman–Crippen LogP) is 3.70. The normalized spacial score (nSPS) is 12.8. The average Bonchev–Trinajstić information content (AvgIpc) is 2.60. The summed E-state index contributed by atoms with van der Waals surface area (Å²) in [7, 11) is -0.838. The van der Waals surface area contributed by atoms with Gasteiger partial charge < -0.3 is 5.32 Å². The third-order valence-electron chi connectivity index (χ3n) is 4.36. The summed E-state index contributed by atoms with van der Waals surface area (Å²) in [5, 5.41) is 3.28. The van der Waals surface area contributed by atoms with E-state index in [4.69, 9.17) is 12.2 Å². The maximum Gasteiger partial charge on any atom is 0.316 e. The number of carbonyl (C=O) groups is 1. The maximum atomic E-state index is 13.1. The molecule has 0 bridgehead atoms. The molecule has 8 heteroatoms. The Bertz CT molecular complexity index is 783. The van der Waals surface area contributed by atoms with Gasteiger partial charge in [0.1, 0.15) is 0 Å². The first-order valence-corrected chi connectivity index (χ1v) is 10.1. The van der Waals surface area contributed by atoms with Crippen LogP contribution in [0.3, 0.4) is 0 Å². The number of hydrogen-bond donors (Lipinski definition) is 1. The molecule has 0 spiro atoms. The van der Waals surface area contributed by atoms with Crippen LogP contribution in [0.5, 0.6) is 0 Å². The lowest BCUT2D eigenvalue weighted by molar-refractivity contribution is -0.130. The summed E-state index contributed by atoms with van der Waals surface area (Å²) >= 11 is 5.35. The Morgan fingerprint density at radius 2 is 2.00 bits per heavy atom. The number of nitrogens with zero attached hydrogens (tertiary/aromatic N) is 2. The number of aryl methyl sites for hydroxylation is 1. The van der Waals surface area contributed by atoms with E-state index < -0.39 is 16.4 Å². The highest BCUT2D eigenvalue weighted by molar-refractivity contribution is 7.80. The fraction of sp³-hybridized carbons (Fsp3) is 0.556. The van der Waals surface area contributed by atoms with Crippen LogP contribution in [-0.2, 0) is 15.3 Å². The third-order valence-corrected chi connectivity index (χ3v) is 5.11. The molecule has 26 heavy (non-hydrogen) atoms. The molecule has 1 aromatic carbocycles. The van der Waals surface area contributed by atoms with Gasteiger partial charge in [0, 0.05) is 13.1 Å². The van der Waals surface area contributed by atoms with Crippen molar-refractivity contribution < 1.29 is 13.2 Å². The largest absolute Gasteiger partial charge is 0.365 e. The molecule has 0 aliphatic carbocycles. The lowest BCUT2D eigenvalue weighted by atomic mass is 9.96. The molecule has 2 atom stereocenters. The summed E-state index contributed by atoms with van der Waals surface area (Å²) in [5.74, 6) is -0.592. The fourth-order valence-electron chi connectivity index (χ4n) is 2.69. The van der Waals surface area contributed by atoms with Crippen molar-refractivity contribution in [2.24, 2.45) is 4.36 Å². The molecule has 0 fully saturated rings. The van der Waals surface area contributed by atoms with E-state index in [0.29, 0.717) is 16.4 Å². The number of benzene rings is 1. The zero-order valence-corrected chi connectivity index (χ0v) is 17.6. The van der Waals surface area contributed by atoms with Crippen molar-refractivity contribution in [2.45, 2.75) is 58.9 Å². The van der Waals surface area contributed by atoms with Crippen LogP contribution in [0.4, 0.5) is 5.69 Å². The first kappa shape index (κ1) is 22.2. The minimum atomic E-state index is -2.54. The van der Waals surface area contributed by atoms with E-state index in [1.807, 2.05) is 13.0 Å². The Morgan fingerprint density at radius 1 is 1.35 bits per heavy atom. The molecule has 6 nitrogen and oxygen atoms in total. The van der Waals surface area contributed by atoms with Gasteiger partial charge in [0.2, 0.25) is 5.91 Å². The van der Waals surface area contributed by atoms with Gasteiger partial charge in [-0.05, 0) is 56.6 Å². The van der Waals surface area contributed by atoms with Crippen LogP contribution >= 0.6 is 12.2 Å². The predicted molar refractivity (Wildman–Crippen MR) is 108 cm³/mol. The first-order valence-electron chi connectivity index (χ1n) is 8.69. The van der Waals surface area contributed by atoms with Gasteiger partial charge in [0.25, 0.3) is 0 Å². The van der Waals surface area contributed by atoms with Crippen molar-refractivity contribution in [2.75, 3.05) is 7.05 Å². The van der Waals surface area contributed by atoms with Crippen molar-refractivity contribution in [3.05, 3.63) is 29.3 Å². The summed E-state index contributed by atoms with van der Waals surface area (Å²) in [5.41, 5.74) is 1.78. The van der Waals surface area contributed by atoms with Crippen molar-refractivity contribution >= 4 is 39.4 Å². The third kappa shape index (κ3) is 5.88. The van der Waals surface area contributed by atoms with Gasteiger partial charge in [0.15, 0.2) is 5.11 Å². The molecule has 0 aliphatic heterocycles. The zero-order valence-electron chi connectivity index (χ0n) is 15.9. The quantitative estimate of drug-likeness (QED) is 0.710. The summed E-state index contributed by atoms with van der Waals surface area (Å²) in [6.45, 7) is 7.66. The van der Waals surface area contributed by atoms with E-state index in [0.717, 1.165) is 24.8 Å². The van der Waals surface area contributed by atoms with Crippen LogP contribution < -0.4 is 5.32 Å². The van der Waals surface area contributed by atoms with Crippen molar-refractivity contribution in [1.82, 2.24) is 10.2 Å². The molecular formula is C18H27N3O3S2. The molecule has 0 heterocycles. The van der Waals surface area contributed by atoms with Crippen molar-refractivity contribution in [1.29, 1.82) is 0 Å². The Hall–Kier alpha value is -1.80. The molecule has 0 saturated carbocycles. The maximum absolute atomic E-state index is 13.1. The van der Waals surface area contributed by atoms with Gasteiger partial charge in [0.05, 0.1) is 11.6 Å². The van der Waals surface area contributed by atoms with Gasteiger partial charge in [-0.15, -0.1) is 4.36 Å². The minimum absolute atomic E-state index is 0.0198. The van der Waals surface area contributed by atoms with Crippen LogP contribution in [0.25, 0.3) is 0 Å². The Kier molecular flexibility index (Phi) is 8.87. The second-order valence-corrected chi connectivity index (χ2v) is 7.33. The monoisotopic (exact) mass is 397 g/mol. The first-order chi connectivity index (χ1) is 12.2. The van der Waals surface area contributed by atoms with Gasteiger partial charge in [-0.25, -0.2) is 0 Å². The molecule has 1 amide bonds. The fourth-order valence-corrected chi connectivity index (χ4v) is 3.32. The molecular weight excluding hydrogens is 370 g/mol. The molecule has 0 aromatic heterocycles. The van der Waals surface area contributed by atoms with Crippen molar-refractivity contribution in [3.8, 4) is 0 Å². The van der Waals surface area contributed by atoms with E-state index in [1.165, 1.54) is 0 Å². The van der Waals surface area contributed by atoms with Gasteiger partial charge >= 0.3 is 10.5 Å².